The average Bonchev–Trinajstić information content (AvgIpc) is 2.71. The second kappa shape index (κ2) is 3.54. The Morgan fingerprint density at radius 2 is 1.86 bits per heavy atom. The number of benzene rings is 1. The fourth-order valence-electron chi connectivity index (χ4n) is 1.35. The van der Waals surface area contributed by atoms with Crippen molar-refractivity contribution < 1.29 is 0 Å². The third-order valence-corrected chi connectivity index (χ3v) is 2.19. The summed E-state index contributed by atoms with van der Waals surface area (Å²) in [5, 5.41) is 0. The molecule has 2 aromatic rings. The molecule has 0 saturated heterocycles. The highest BCUT2D eigenvalue weighted by atomic mass is 15.1. The molecule has 3 nitrogen and oxygen atoms in total. The van der Waals surface area contributed by atoms with Gasteiger partial charge in [-0.1, -0.05) is 12.1 Å². The first-order chi connectivity index (χ1) is 6.77. The van der Waals surface area contributed by atoms with Crippen molar-refractivity contribution in [1.82, 2.24) is 9.97 Å². The molecule has 0 saturated carbocycles. The van der Waals surface area contributed by atoms with E-state index < -0.39 is 0 Å². The van der Waals surface area contributed by atoms with Crippen molar-refractivity contribution in [2.24, 2.45) is 0 Å². The van der Waals surface area contributed by atoms with Gasteiger partial charge in [0.15, 0.2) is 0 Å². The van der Waals surface area contributed by atoms with Crippen molar-refractivity contribution in [3.8, 4) is 11.3 Å². The van der Waals surface area contributed by atoms with E-state index >= 15 is 0 Å². The molecule has 0 aliphatic carbocycles. The summed E-state index contributed by atoms with van der Waals surface area (Å²) in [4.78, 5) is 9.15. The monoisotopic (exact) mass is 187 g/mol. The van der Waals surface area contributed by atoms with Gasteiger partial charge in [0.1, 0.15) is 0 Å². The lowest BCUT2D eigenvalue weighted by molar-refractivity contribution is 1.13. The van der Waals surface area contributed by atoms with Crippen molar-refractivity contribution in [2.75, 3.05) is 19.0 Å². The largest absolute Gasteiger partial charge is 0.378 e. The van der Waals surface area contributed by atoms with E-state index in [4.69, 9.17) is 0 Å². The minimum Gasteiger partial charge on any atom is -0.378 e. The molecule has 0 radical (unpaired) electrons. The second-order valence-electron chi connectivity index (χ2n) is 3.41. The summed E-state index contributed by atoms with van der Waals surface area (Å²) in [6, 6.07) is 8.36. The molecule has 3 heteroatoms. The Morgan fingerprint density at radius 1 is 1.14 bits per heavy atom. The SMILES string of the molecule is CN(C)c1ccc(-c2cnc[nH]2)cc1. The quantitative estimate of drug-likeness (QED) is 0.781. The summed E-state index contributed by atoms with van der Waals surface area (Å²) >= 11 is 0. The Labute approximate surface area is 83.4 Å². The molecule has 1 aromatic carbocycles. The third-order valence-electron chi connectivity index (χ3n) is 2.19. The number of aromatic nitrogens is 2. The summed E-state index contributed by atoms with van der Waals surface area (Å²) in [5.41, 5.74) is 3.41. The predicted molar refractivity (Wildman–Crippen MR) is 58.4 cm³/mol. The maximum atomic E-state index is 3.99. The van der Waals surface area contributed by atoms with Gasteiger partial charge < -0.3 is 9.88 Å². The molecule has 0 amide bonds. The molecule has 14 heavy (non-hydrogen) atoms. The average molecular weight is 187 g/mol. The molecule has 0 fully saturated rings. The molecular formula is C11H13N3. The number of H-pyrrole nitrogens is 1. The van der Waals surface area contributed by atoms with Crippen molar-refractivity contribution in [2.45, 2.75) is 0 Å². The van der Waals surface area contributed by atoms with Crippen LogP contribution in [-0.4, -0.2) is 24.1 Å². The summed E-state index contributed by atoms with van der Waals surface area (Å²) in [6.45, 7) is 0. The Kier molecular flexibility index (Phi) is 2.23. The molecule has 1 heterocycles. The molecule has 1 N–H and O–H groups in total. The number of anilines is 1. The molecule has 2 rings (SSSR count). The van der Waals surface area contributed by atoms with Gasteiger partial charge in [0.05, 0.1) is 18.2 Å². The zero-order valence-electron chi connectivity index (χ0n) is 8.36. The number of hydrogen-bond donors (Lipinski definition) is 1. The van der Waals surface area contributed by atoms with Crippen LogP contribution >= 0.6 is 0 Å². The molecule has 0 spiro atoms. The molecule has 0 atom stereocenters. The lowest BCUT2D eigenvalue weighted by atomic mass is 10.1. The minimum atomic E-state index is 1.05. The van der Waals surface area contributed by atoms with Gasteiger partial charge in [-0.25, -0.2) is 4.98 Å². The van der Waals surface area contributed by atoms with Crippen molar-refractivity contribution in [1.29, 1.82) is 0 Å². The van der Waals surface area contributed by atoms with E-state index in [-0.39, 0.29) is 0 Å². The molecule has 0 aliphatic heterocycles. The van der Waals surface area contributed by atoms with E-state index in [1.165, 1.54) is 5.69 Å². The van der Waals surface area contributed by atoms with Crippen LogP contribution in [0, 0.1) is 0 Å². The number of nitrogens with one attached hydrogen (secondary N) is 1. The van der Waals surface area contributed by atoms with Crippen LogP contribution in [0.2, 0.25) is 0 Å². The van der Waals surface area contributed by atoms with Gasteiger partial charge in [0.25, 0.3) is 0 Å². The third kappa shape index (κ3) is 1.62. The van der Waals surface area contributed by atoms with Crippen LogP contribution in [0.25, 0.3) is 11.3 Å². The first-order valence-corrected chi connectivity index (χ1v) is 4.53. The fraction of sp³-hybridized carbons (Fsp3) is 0.182. The van der Waals surface area contributed by atoms with Crippen molar-refractivity contribution in [3.63, 3.8) is 0 Å². The van der Waals surface area contributed by atoms with Crippen LogP contribution in [0.4, 0.5) is 5.69 Å². The molecule has 0 unspecified atom stereocenters. The van der Waals surface area contributed by atoms with Gasteiger partial charge in [0, 0.05) is 19.8 Å². The number of rotatable bonds is 2. The topological polar surface area (TPSA) is 31.9 Å². The van der Waals surface area contributed by atoms with Crippen LogP contribution < -0.4 is 4.90 Å². The van der Waals surface area contributed by atoms with Crippen LogP contribution in [0.15, 0.2) is 36.8 Å². The number of nitrogens with zero attached hydrogens (tertiary/aromatic N) is 2. The van der Waals surface area contributed by atoms with Crippen LogP contribution in [0.1, 0.15) is 0 Å². The van der Waals surface area contributed by atoms with Gasteiger partial charge in [-0.2, -0.15) is 0 Å². The Bertz CT molecular complexity index is 387. The van der Waals surface area contributed by atoms with E-state index in [0.717, 1.165) is 11.3 Å². The fourth-order valence-corrected chi connectivity index (χ4v) is 1.35. The lowest BCUT2D eigenvalue weighted by Gasteiger charge is -2.12. The maximum Gasteiger partial charge on any atom is 0.0924 e. The second-order valence-corrected chi connectivity index (χ2v) is 3.41. The van der Waals surface area contributed by atoms with Crippen LogP contribution in [-0.2, 0) is 0 Å². The first kappa shape index (κ1) is 8.81. The smallest absolute Gasteiger partial charge is 0.0924 e. The molecule has 0 bridgehead atoms. The summed E-state index contributed by atoms with van der Waals surface area (Å²) in [5.74, 6) is 0. The highest BCUT2D eigenvalue weighted by Gasteiger charge is 1.99. The molecule has 1 aromatic heterocycles. The van der Waals surface area contributed by atoms with E-state index in [0.29, 0.717) is 0 Å². The van der Waals surface area contributed by atoms with Crippen molar-refractivity contribution >= 4 is 5.69 Å². The van der Waals surface area contributed by atoms with Gasteiger partial charge in [-0.15, -0.1) is 0 Å². The van der Waals surface area contributed by atoms with E-state index in [1.807, 2.05) is 20.3 Å². The normalized spacial score (nSPS) is 10.1. The van der Waals surface area contributed by atoms with Gasteiger partial charge >= 0.3 is 0 Å². The Morgan fingerprint density at radius 3 is 2.36 bits per heavy atom. The minimum absolute atomic E-state index is 1.05. The molecular weight excluding hydrogens is 174 g/mol. The first-order valence-electron chi connectivity index (χ1n) is 4.53. The zero-order valence-corrected chi connectivity index (χ0v) is 8.36. The standard InChI is InChI=1S/C11H13N3/c1-14(2)10-5-3-9(4-6-10)11-7-12-8-13-11/h3-8H,1-2H3,(H,12,13). The molecule has 72 valence electrons. The van der Waals surface area contributed by atoms with E-state index in [9.17, 15) is 0 Å². The number of hydrogen-bond acceptors (Lipinski definition) is 2. The van der Waals surface area contributed by atoms with Gasteiger partial charge in [-0.3, -0.25) is 0 Å². The zero-order chi connectivity index (χ0) is 9.97. The van der Waals surface area contributed by atoms with E-state index in [2.05, 4.69) is 39.1 Å². The van der Waals surface area contributed by atoms with Crippen LogP contribution in [0.5, 0.6) is 0 Å². The highest BCUT2D eigenvalue weighted by Crippen LogP contribution is 2.19. The predicted octanol–water partition coefficient (Wildman–Crippen LogP) is 2.14. The lowest BCUT2D eigenvalue weighted by Crippen LogP contribution is -2.07. The van der Waals surface area contributed by atoms with E-state index in [1.54, 1.807) is 6.33 Å². The van der Waals surface area contributed by atoms with Gasteiger partial charge in [0.2, 0.25) is 0 Å². The van der Waals surface area contributed by atoms with Crippen molar-refractivity contribution in [3.05, 3.63) is 36.8 Å². The maximum absolute atomic E-state index is 3.99. The summed E-state index contributed by atoms with van der Waals surface area (Å²) in [7, 11) is 4.07. The van der Waals surface area contributed by atoms with Crippen LogP contribution in [0.3, 0.4) is 0 Å². The summed E-state index contributed by atoms with van der Waals surface area (Å²) < 4.78 is 0. The summed E-state index contributed by atoms with van der Waals surface area (Å²) in [6.07, 6.45) is 3.51. The highest BCUT2D eigenvalue weighted by molar-refractivity contribution is 5.62. The number of aromatic amines is 1. The Hall–Kier alpha value is -1.77. The Balaban J connectivity index is 2.31. The van der Waals surface area contributed by atoms with Gasteiger partial charge in [-0.05, 0) is 17.7 Å². The molecule has 0 aliphatic rings. The number of imidazole rings is 1.